The lowest BCUT2D eigenvalue weighted by molar-refractivity contribution is 0.179. The highest BCUT2D eigenvalue weighted by molar-refractivity contribution is 8.77. The molecule has 0 aromatic carbocycles. The maximum absolute atomic E-state index is 12.0. The van der Waals surface area contributed by atoms with Gasteiger partial charge in [-0.1, -0.05) is 21.6 Å². The predicted octanol–water partition coefficient (Wildman–Crippen LogP) is 2.34. The lowest BCUT2D eigenvalue weighted by Crippen LogP contribution is -2.54. The number of urea groups is 1. The molecular weight excluding hydrogens is 228 g/mol. The Hall–Kier alpha value is -0.0300. The second-order valence-corrected chi connectivity index (χ2v) is 7.03. The number of hydrogen-bond acceptors (Lipinski definition) is 3. The highest BCUT2D eigenvalue weighted by Gasteiger charge is 2.33. The minimum Gasteiger partial charge on any atom is -0.331 e. The van der Waals surface area contributed by atoms with Crippen LogP contribution in [0.5, 0.6) is 0 Å². The molecule has 0 radical (unpaired) electrons. The molecule has 2 amide bonds. The van der Waals surface area contributed by atoms with Gasteiger partial charge in [0, 0.05) is 24.6 Å². The molecule has 0 spiro atoms. The van der Waals surface area contributed by atoms with Gasteiger partial charge in [0.1, 0.15) is 0 Å². The first-order valence-electron chi connectivity index (χ1n) is 5.51. The SMILES string of the molecule is CC1(NC(=O)N2CCCCC2)CSSC1. The van der Waals surface area contributed by atoms with E-state index in [-0.39, 0.29) is 11.6 Å². The maximum Gasteiger partial charge on any atom is 0.317 e. The fraction of sp³-hybridized carbons (Fsp3) is 0.900. The van der Waals surface area contributed by atoms with Crippen LogP contribution in [-0.2, 0) is 0 Å². The van der Waals surface area contributed by atoms with E-state index in [0.29, 0.717) is 0 Å². The second-order valence-electron chi connectivity index (χ2n) is 4.56. The number of amides is 2. The normalized spacial score (nSPS) is 25.3. The Kier molecular flexibility index (Phi) is 3.72. The topological polar surface area (TPSA) is 32.3 Å². The molecule has 0 bridgehead atoms. The third-order valence-corrected chi connectivity index (χ3v) is 5.77. The van der Waals surface area contributed by atoms with Crippen molar-refractivity contribution in [2.45, 2.75) is 31.7 Å². The summed E-state index contributed by atoms with van der Waals surface area (Å²) in [5, 5.41) is 3.17. The summed E-state index contributed by atoms with van der Waals surface area (Å²) in [6.07, 6.45) is 3.59. The number of carbonyl (C=O) groups excluding carboxylic acids is 1. The highest BCUT2D eigenvalue weighted by atomic mass is 33.1. The lowest BCUT2D eigenvalue weighted by atomic mass is 10.1. The maximum atomic E-state index is 12.0. The molecule has 3 nitrogen and oxygen atoms in total. The van der Waals surface area contributed by atoms with Gasteiger partial charge >= 0.3 is 6.03 Å². The molecule has 2 aliphatic heterocycles. The van der Waals surface area contributed by atoms with Crippen molar-refractivity contribution in [2.75, 3.05) is 24.6 Å². The van der Waals surface area contributed by atoms with Crippen molar-refractivity contribution in [2.24, 2.45) is 0 Å². The van der Waals surface area contributed by atoms with Gasteiger partial charge in [0.25, 0.3) is 0 Å². The number of carbonyl (C=O) groups is 1. The number of nitrogens with zero attached hydrogens (tertiary/aromatic N) is 1. The van der Waals surface area contributed by atoms with Gasteiger partial charge < -0.3 is 10.2 Å². The third-order valence-electron chi connectivity index (χ3n) is 2.89. The van der Waals surface area contributed by atoms with Crippen molar-refractivity contribution in [3.8, 4) is 0 Å². The first-order valence-corrected chi connectivity index (χ1v) is 8.00. The molecule has 2 fully saturated rings. The fourth-order valence-corrected chi connectivity index (χ4v) is 5.12. The summed E-state index contributed by atoms with van der Waals surface area (Å²) >= 11 is 0. The average molecular weight is 246 g/mol. The van der Waals surface area contributed by atoms with Gasteiger partial charge in [0.2, 0.25) is 0 Å². The van der Waals surface area contributed by atoms with Crippen LogP contribution in [0.2, 0.25) is 0 Å². The summed E-state index contributed by atoms with van der Waals surface area (Å²) in [7, 11) is 3.71. The third kappa shape index (κ3) is 2.97. The van der Waals surface area contributed by atoms with Crippen molar-refractivity contribution in [3.63, 3.8) is 0 Å². The Bertz CT molecular complexity index is 236. The zero-order valence-electron chi connectivity index (χ0n) is 9.12. The van der Waals surface area contributed by atoms with E-state index >= 15 is 0 Å². The van der Waals surface area contributed by atoms with Gasteiger partial charge in [-0.05, 0) is 26.2 Å². The molecular formula is C10H18N2OS2. The van der Waals surface area contributed by atoms with Gasteiger partial charge in [-0.3, -0.25) is 0 Å². The monoisotopic (exact) mass is 246 g/mol. The van der Waals surface area contributed by atoms with Crippen molar-refractivity contribution in [3.05, 3.63) is 0 Å². The molecule has 0 aromatic rings. The lowest BCUT2D eigenvalue weighted by Gasteiger charge is -2.31. The molecule has 0 atom stereocenters. The van der Waals surface area contributed by atoms with Crippen LogP contribution >= 0.6 is 21.6 Å². The molecule has 5 heteroatoms. The molecule has 1 N–H and O–H groups in total. The summed E-state index contributed by atoms with van der Waals surface area (Å²) in [4.78, 5) is 13.9. The summed E-state index contributed by atoms with van der Waals surface area (Å²) < 4.78 is 0. The van der Waals surface area contributed by atoms with Crippen LogP contribution in [0.3, 0.4) is 0 Å². The molecule has 15 heavy (non-hydrogen) atoms. The van der Waals surface area contributed by atoms with E-state index in [9.17, 15) is 4.79 Å². The molecule has 0 saturated carbocycles. The van der Waals surface area contributed by atoms with Crippen LogP contribution in [0.15, 0.2) is 0 Å². The van der Waals surface area contributed by atoms with E-state index in [1.165, 1.54) is 6.42 Å². The molecule has 0 aliphatic carbocycles. The standard InChI is InChI=1S/C10H18N2OS2/c1-10(7-14-15-8-10)11-9(13)12-5-3-2-4-6-12/h2-8H2,1H3,(H,11,13). The van der Waals surface area contributed by atoms with Gasteiger partial charge in [0.05, 0.1) is 5.54 Å². The van der Waals surface area contributed by atoms with E-state index in [2.05, 4.69) is 12.2 Å². The number of hydrogen-bond donors (Lipinski definition) is 1. The zero-order chi connectivity index (χ0) is 10.7. The number of nitrogens with one attached hydrogen (secondary N) is 1. The van der Waals surface area contributed by atoms with E-state index in [1.807, 2.05) is 26.5 Å². The van der Waals surface area contributed by atoms with Crippen molar-refractivity contribution >= 4 is 27.6 Å². The van der Waals surface area contributed by atoms with Crippen LogP contribution < -0.4 is 5.32 Å². The Morgan fingerprint density at radius 2 is 1.80 bits per heavy atom. The van der Waals surface area contributed by atoms with E-state index in [1.54, 1.807) is 0 Å². The van der Waals surface area contributed by atoms with E-state index < -0.39 is 0 Å². The molecule has 0 unspecified atom stereocenters. The van der Waals surface area contributed by atoms with Crippen LogP contribution in [0.1, 0.15) is 26.2 Å². The Morgan fingerprint density at radius 1 is 1.20 bits per heavy atom. The van der Waals surface area contributed by atoms with Crippen molar-refractivity contribution in [1.29, 1.82) is 0 Å². The van der Waals surface area contributed by atoms with E-state index in [0.717, 1.165) is 37.4 Å². The summed E-state index contributed by atoms with van der Waals surface area (Å²) in [5.41, 5.74) is 0.00383. The van der Waals surface area contributed by atoms with Crippen molar-refractivity contribution in [1.82, 2.24) is 10.2 Å². The average Bonchev–Trinajstić information content (AvgIpc) is 2.66. The smallest absolute Gasteiger partial charge is 0.317 e. The van der Waals surface area contributed by atoms with Crippen molar-refractivity contribution < 1.29 is 4.79 Å². The predicted molar refractivity (Wildman–Crippen MR) is 67.3 cm³/mol. The first kappa shape index (κ1) is 11.5. The minimum absolute atomic E-state index is 0.00383. The Balaban J connectivity index is 1.85. The Labute approximate surface area is 99.1 Å². The first-order chi connectivity index (χ1) is 7.20. The quantitative estimate of drug-likeness (QED) is 0.721. The largest absolute Gasteiger partial charge is 0.331 e. The number of likely N-dealkylation sites (tertiary alicyclic amines) is 1. The summed E-state index contributed by atoms with van der Waals surface area (Å²) in [5.74, 6) is 2.05. The minimum atomic E-state index is 0.00383. The number of piperidine rings is 1. The fourth-order valence-electron chi connectivity index (χ4n) is 1.89. The molecule has 2 saturated heterocycles. The molecule has 86 valence electrons. The van der Waals surface area contributed by atoms with Crippen LogP contribution in [-0.4, -0.2) is 41.1 Å². The summed E-state index contributed by atoms with van der Waals surface area (Å²) in [6, 6.07) is 0.139. The van der Waals surface area contributed by atoms with Gasteiger partial charge in [-0.15, -0.1) is 0 Å². The Morgan fingerprint density at radius 3 is 2.40 bits per heavy atom. The van der Waals surface area contributed by atoms with Crippen LogP contribution in [0, 0.1) is 0 Å². The molecule has 2 aliphatic rings. The van der Waals surface area contributed by atoms with Gasteiger partial charge in [-0.25, -0.2) is 4.79 Å². The number of rotatable bonds is 1. The van der Waals surface area contributed by atoms with Crippen LogP contribution in [0.25, 0.3) is 0 Å². The van der Waals surface area contributed by atoms with Gasteiger partial charge in [-0.2, -0.15) is 0 Å². The molecule has 0 aromatic heterocycles. The summed E-state index contributed by atoms with van der Waals surface area (Å²) in [6.45, 7) is 4.01. The van der Waals surface area contributed by atoms with Gasteiger partial charge in [0.15, 0.2) is 0 Å². The van der Waals surface area contributed by atoms with Crippen LogP contribution in [0.4, 0.5) is 4.79 Å². The van der Waals surface area contributed by atoms with E-state index in [4.69, 9.17) is 0 Å². The molecule has 2 heterocycles. The molecule has 2 rings (SSSR count). The second kappa shape index (κ2) is 4.87. The highest BCUT2D eigenvalue weighted by Crippen LogP contribution is 2.37. The zero-order valence-corrected chi connectivity index (χ0v) is 10.8.